The van der Waals surface area contributed by atoms with E-state index in [-0.39, 0.29) is 0 Å². The van der Waals surface area contributed by atoms with Crippen molar-refractivity contribution in [3.05, 3.63) is 0 Å². The van der Waals surface area contributed by atoms with Gasteiger partial charge in [-0.1, -0.05) is 0 Å². The molecular weight excluding hydrogens is 256 g/mol. The zero-order valence-corrected chi connectivity index (χ0v) is 12.0. The molecule has 0 bridgehead atoms. The molecule has 2 amide bonds. The summed E-state index contributed by atoms with van der Waals surface area (Å²) in [4.78, 5) is 39.5. The number of alkyl carbamates (subject to hydrolysis) is 1. The molecule has 0 aromatic rings. The highest BCUT2D eigenvalue weighted by molar-refractivity contribution is 6.03. The SMILES string of the molecule is COC(=O)C(NC(=O)OC(C)(C)C)C(=O)N(C)OC. The maximum atomic E-state index is 11.8. The number of hydrogen-bond acceptors (Lipinski definition) is 6. The van der Waals surface area contributed by atoms with Crippen molar-refractivity contribution in [3.8, 4) is 0 Å². The van der Waals surface area contributed by atoms with E-state index in [1.54, 1.807) is 20.8 Å². The quantitative estimate of drug-likeness (QED) is 0.444. The van der Waals surface area contributed by atoms with Gasteiger partial charge in [-0.25, -0.2) is 14.7 Å². The van der Waals surface area contributed by atoms with E-state index in [4.69, 9.17) is 4.74 Å². The first-order chi connectivity index (χ1) is 8.62. The largest absolute Gasteiger partial charge is 0.467 e. The highest BCUT2D eigenvalue weighted by Crippen LogP contribution is 2.07. The Bertz CT molecular complexity index is 350. The van der Waals surface area contributed by atoms with Gasteiger partial charge in [0.2, 0.25) is 6.04 Å². The number of nitrogens with one attached hydrogen (secondary N) is 1. The number of nitrogens with zero attached hydrogens (tertiary/aromatic N) is 1. The average molecular weight is 276 g/mol. The Hall–Kier alpha value is -1.83. The molecule has 110 valence electrons. The average Bonchev–Trinajstić information content (AvgIpc) is 2.30. The molecule has 0 aliphatic carbocycles. The lowest BCUT2D eigenvalue weighted by Crippen LogP contribution is -2.53. The van der Waals surface area contributed by atoms with Crippen molar-refractivity contribution in [2.45, 2.75) is 32.4 Å². The number of carbonyl (C=O) groups excluding carboxylic acids is 3. The van der Waals surface area contributed by atoms with Gasteiger partial charge in [0.1, 0.15) is 5.60 Å². The summed E-state index contributed by atoms with van der Waals surface area (Å²) in [6.07, 6.45) is -0.902. The van der Waals surface area contributed by atoms with Crippen molar-refractivity contribution in [1.82, 2.24) is 10.4 Å². The number of hydroxylamine groups is 2. The van der Waals surface area contributed by atoms with Crippen molar-refractivity contribution in [2.24, 2.45) is 0 Å². The number of esters is 1. The van der Waals surface area contributed by atoms with Crippen LogP contribution in [0.25, 0.3) is 0 Å². The first-order valence-corrected chi connectivity index (χ1v) is 5.51. The number of carbonyl (C=O) groups is 3. The lowest BCUT2D eigenvalue weighted by Gasteiger charge is -2.24. The van der Waals surface area contributed by atoms with Gasteiger partial charge in [0.25, 0.3) is 5.91 Å². The number of ether oxygens (including phenoxy) is 2. The molecule has 8 heteroatoms. The van der Waals surface area contributed by atoms with Gasteiger partial charge in [0.05, 0.1) is 14.2 Å². The molecule has 1 atom stereocenters. The Balaban J connectivity index is 4.84. The zero-order chi connectivity index (χ0) is 15.2. The van der Waals surface area contributed by atoms with Crippen LogP contribution in [0, 0.1) is 0 Å². The van der Waals surface area contributed by atoms with Gasteiger partial charge in [-0.05, 0) is 20.8 Å². The summed E-state index contributed by atoms with van der Waals surface area (Å²) in [6, 6.07) is -1.52. The number of rotatable bonds is 4. The van der Waals surface area contributed by atoms with Gasteiger partial charge in [0.15, 0.2) is 0 Å². The summed E-state index contributed by atoms with van der Waals surface area (Å²) in [6.45, 7) is 4.97. The monoisotopic (exact) mass is 276 g/mol. The summed E-state index contributed by atoms with van der Waals surface area (Å²) in [5.74, 6) is -1.69. The molecule has 1 unspecified atom stereocenters. The van der Waals surface area contributed by atoms with Crippen LogP contribution in [0.15, 0.2) is 0 Å². The van der Waals surface area contributed by atoms with Crippen LogP contribution >= 0.6 is 0 Å². The van der Waals surface area contributed by atoms with Crippen molar-refractivity contribution in [3.63, 3.8) is 0 Å². The van der Waals surface area contributed by atoms with Crippen LogP contribution < -0.4 is 5.32 Å². The fourth-order valence-electron chi connectivity index (χ4n) is 1.04. The minimum atomic E-state index is -1.52. The van der Waals surface area contributed by atoms with Crippen LogP contribution in [0.3, 0.4) is 0 Å². The molecule has 0 aliphatic heterocycles. The Kier molecular flexibility index (Phi) is 6.26. The minimum Gasteiger partial charge on any atom is -0.467 e. The first kappa shape index (κ1) is 17.2. The van der Waals surface area contributed by atoms with Crippen molar-refractivity contribution in [2.75, 3.05) is 21.3 Å². The topological polar surface area (TPSA) is 94.2 Å². The second-order valence-corrected chi connectivity index (χ2v) is 4.62. The number of likely N-dealkylation sites (N-methyl/N-ethyl adjacent to an activating group) is 1. The molecular formula is C11H20N2O6. The lowest BCUT2D eigenvalue weighted by molar-refractivity contribution is -0.175. The summed E-state index contributed by atoms with van der Waals surface area (Å²) >= 11 is 0. The molecule has 0 saturated carbocycles. The van der Waals surface area contributed by atoms with E-state index in [0.717, 1.165) is 12.2 Å². The zero-order valence-electron chi connectivity index (χ0n) is 12.0. The van der Waals surface area contributed by atoms with E-state index < -0.39 is 29.6 Å². The van der Waals surface area contributed by atoms with Crippen LogP contribution in [0.2, 0.25) is 0 Å². The second kappa shape index (κ2) is 6.93. The third-order valence-corrected chi connectivity index (χ3v) is 1.93. The second-order valence-electron chi connectivity index (χ2n) is 4.62. The number of hydrogen-bond donors (Lipinski definition) is 1. The molecule has 0 spiro atoms. The maximum absolute atomic E-state index is 11.8. The van der Waals surface area contributed by atoms with Gasteiger partial charge < -0.3 is 9.47 Å². The predicted octanol–water partition coefficient (Wildman–Crippen LogP) is 0.0725. The standard InChI is InChI=1S/C11H20N2O6/c1-11(2,3)19-10(16)12-7(9(15)17-5)8(14)13(4)18-6/h7H,1-6H3,(H,12,16). The van der Waals surface area contributed by atoms with E-state index in [2.05, 4.69) is 14.9 Å². The van der Waals surface area contributed by atoms with Crippen LogP contribution in [-0.4, -0.2) is 55.9 Å². The van der Waals surface area contributed by atoms with Gasteiger partial charge in [0, 0.05) is 7.05 Å². The normalized spacial score (nSPS) is 12.3. The molecule has 0 aliphatic rings. The maximum Gasteiger partial charge on any atom is 0.408 e. The van der Waals surface area contributed by atoms with Crippen molar-refractivity contribution < 1.29 is 28.7 Å². The number of amides is 2. The van der Waals surface area contributed by atoms with Crippen LogP contribution in [0.1, 0.15) is 20.8 Å². The molecule has 0 aromatic heterocycles. The summed E-state index contributed by atoms with van der Waals surface area (Å²) in [5.41, 5.74) is -0.749. The highest BCUT2D eigenvalue weighted by Gasteiger charge is 2.33. The fraction of sp³-hybridized carbons (Fsp3) is 0.727. The molecule has 19 heavy (non-hydrogen) atoms. The fourth-order valence-corrected chi connectivity index (χ4v) is 1.04. The van der Waals surface area contributed by atoms with Crippen LogP contribution in [-0.2, 0) is 23.9 Å². The van der Waals surface area contributed by atoms with Gasteiger partial charge in [-0.2, -0.15) is 0 Å². The Morgan fingerprint density at radius 2 is 1.68 bits per heavy atom. The van der Waals surface area contributed by atoms with Crippen LogP contribution in [0.4, 0.5) is 4.79 Å². The van der Waals surface area contributed by atoms with Gasteiger partial charge >= 0.3 is 12.1 Å². The van der Waals surface area contributed by atoms with E-state index >= 15 is 0 Å². The van der Waals surface area contributed by atoms with E-state index in [9.17, 15) is 14.4 Å². The first-order valence-electron chi connectivity index (χ1n) is 5.51. The molecule has 0 rings (SSSR count). The predicted molar refractivity (Wildman–Crippen MR) is 65.0 cm³/mol. The highest BCUT2D eigenvalue weighted by atomic mass is 16.7. The van der Waals surface area contributed by atoms with E-state index in [1.807, 2.05) is 0 Å². The molecule has 1 N–H and O–H groups in total. The van der Waals surface area contributed by atoms with Gasteiger partial charge in [-0.3, -0.25) is 14.9 Å². The summed E-state index contributed by atoms with van der Waals surface area (Å²) in [5, 5.41) is 2.94. The van der Waals surface area contributed by atoms with E-state index in [1.165, 1.54) is 14.2 Å². The lowest BCUT2D eigenvalue weighted by atomic mass is 10.2. The molecule has 0 fully saturated rings. The summed E-state index contributed by atoms with van der Waals surface area (Å²) in [7, 11) is 3.65. The van der Waals surface area contributed by atoms with Crippen molar-refractivity contribution >= 4 is 18.0 Å². The third-order valence-electron chi connectivity index (χ3n) is 1.93. The Morgan fingerprint density at radius 1 is 1.16 bits per heavy atom. The molecule has 0 aromatic carbocycles. The third kappa shape index (κ3) is 6.05. The smallest absolute Gasteiger partial charge is 0.408 e. The van der Waals surface area contributed by atoms with E-state index in [0.29, 0.717) is 0 Å². The number of methoxy groups -OCH3 is 1. The summed E-state index contributed by atoms with van der Waals surface area (Å²) < 4.78 is 9.40. The minimum absolute atomic E-state index is 0.749. The molecule has 0 heterocycles. The molecule has 0 saturated heterocycles. The van der Waals surface area contributed by atoms with Gasteiger partial charge in [-0.15, -0.1) is 0 Å². The van der Waals surface area contributed by atoms with Crippen LogP contribution in [0.5, 0.6) is 0 Å². The van der Waals surface area contributed by atoms with Crippen molar-refractivity contribution in [1.29, 1.82) is 0 Å². The Labute approximate surface area is 111 Å². The molecule has 8 nitrogen and oxygen atoms in total. The molecule has 0 radical (unpaired) electrons. The Morgan fingerprint density at radius 3 is 2.05 bits per heavy atom.